The van der Waals surface area contributed by atoms with Crippen LogP contribution in [0.2, 0.25) is 0 Å². The Labute approximate surface area is 104 Å². The Hall–Kier alpha value is -1.43. The fourth-order valence-electron chi connectivity index (χ4n) is 2.13. The van der Waals surface area contributed by atoms with Crippen LogP contribution in [0.25, 0.3) is 0 Å². The van der Waals surface area contributed by atoms with Crippen molar-refractivity contribution in [2.45, 2.75) is 39.3 Å². The fraction of sp³-hybridized carbons (Fsp3) is 0.545. The molecule has 6 heteroatoms. The van der Waals surface area contributed by atoms with Gasteiger partial charge in [0.25, 0.3) is 0 Å². The number of aromatic nitrogens is 5. The Bertz CT molecular complexity index is 602. The predicted molar refractivity (Wildman–Crippen MR) is 66.5 cm³/mol. The summed E-state index contributed by atoms with van der Waals surface area (Å²) in [7, 11) is 0. The molecule has 2 heterocycles. The smallest absolute Gasteiger partial charge is 0.195 e. The highest BCUT2D eigenvalue weighted by atomic mass is 32.1. The molecule has 1 fully saturated rings. The molecule has 0 unspecified atom stereocenters. The lowest BCUT2D eigenvalue weighted by Crippen LogP contribution is -2.10. The van der Waals surface area contributed by atoms with Crippen molar-refractivity contribution in [2.24, 2.45) is 0 Å². The summed E-state index contributed by atoms with van der Waals surface area (Å²) in [6.45, 7) is 4.74. The normalized spacial score (nSPS) is 15.4. The van der Waals surface area contributed by atoms with E-state index in [-0.39, 0.29) is 0 Å². The zero-order valence-corrected chi connectivity index (χ0v) is 10.8. The molecule has 2 aromatic rings. The molecule has 0 amide bonds. The third-order valence-corrected chi connectivity index (χ3v) is 3.37. The Morgan fingerprint density at radius 2 is 2.24 bits per heavy atom. The molecule has 5 nitrogen and oxygen atoms in total. The van der Waals surface area contributed by atoms with Gasteiger partial charge in [-0.3, -0.25) is 14.3 Å². The van der Waals surface area contributed by atoms with E-state index in [1.807, 2.05) is 11.6 Å². The van der Waals surface area contributed by atoms with Gasteiger partial charge in [-0.05, 0) is 45.0 Å². The average Bonchev–Trinajstić information content (AvgIpc) is 2.96. The van der Waals surface area contributed by atoms with Crippen LogP contribution in [-0.4, -0.2) is 24.5 Å². The fourth-order valence-corrected chi connectivity index (χ4v) is 2.43. The van der Waals surface area contributed by atoms with E-state index in [9.17, 15) is 0 Å². The standard InChI is InChI=1S/C11H15N5S/c1-7-5-8(2)15(14-7)6-10-12-13-11(17)16(10)9-3-4-9/h5,9H,3-4,6H2,1-2H3,(H,13,17). The summed E-state index contributed by atoms with van der Waals surface area (Å²) in [5.74, 6) is 0.976. The SMILES string of the molecule is Cc1cc(C)n(Cc2n[nH]c(=S)n2C2CC2)n1. The quantitative estimate of drug-likeness (QED) is 0.848. The van der Waals surface area contributed by atoms with Crippen LogP contribution >= 0.6 is 12.2 Å². The summed E-state index contributed by atoms with van der Waals surface area (Å²) >= 11 is 5.26. The molecule has 0 saturated heterocycles. The predicted octanol–water partition coefficient (Wildman–Crippen LogP) is 2.14. The van der Waals surface area contributed by atoms with Crippen LogP contribution in [0.1, 0.15) is 36.1 Å². The van der Waals surface area contributed by atoms with Crippen LogP contribution in [0.3, 0.4) is 0 Å². The first-order valence-corrected chi connectivity index (χ1v) is 6.23. The van der Waals surface area contributed by atoms with Gasteiger partial charge in [0, 0.05) is 11.7 Å². The van der Waals surface area contributed by atoms with Crippen LogP contribution in [-0.2, 0) is 6.54 Å². The molecule has 0 bridgehead atoms. The Balaban J connectivity index is 1.95. The van der Waals surface area contributed by atoms with Gasteiger partial charge in [0.15, 0.2) is 10.6 Å². The highest BCUT2D eigenvalue weighted by molar-refractivity contribution is 7.71. The van der Waals surface area contributed by atoms with Crippen molar-refractivity contribution < 1.29 is 0 Å². The summed E-state index contributed by atoms with van der Waals surface area (Å²) < 4.78 is 4.83. The second-order valence-corrected chi connectivity index (χ2v) is 5.02. The van der Waals surface area contributed by atoms with E-state index in [2.05, 4.69) is 32.9 Å². The molecule has 1 saturated carbocycles. The molecule has 0 atom stereocenters. The lowest BCUT2D eigenvalue weighted by molar-refractivity contribution is 0.584. The van der Waals surface area contributed by atoms with Crippen molar-refractivity contribution in [1.29, 1.82) is 0 Å². The monoisotopic (exact) mass is 249 g/mol. The van der Waals surface area contributed by atoms with Gasteiger partial charge in [-0.15, -0.1) is 0 Å². The lowest BCUT2D eigenvalue weighted by Gasteiger charge is -2.06. The summed E-state index contributed by atoms with van der Waals surface area (Å²) in [5, 5.41) is 11.6. The summed E-state index contributed by atoms with van der Waals surface area (Å²) in [5.41, 5.74) is 2.19. The molecule has 0 spiro atoms. The minimum Gasteiger partial charge on any atom is -0.299 e. The molecule has 1 N–H and O–H groups in total. The molecule has 0 radical (unpaired) electrons. The van der Waals surface area contributed by atoms with Crippen molar-refractivity contribution >= 4 is 12.2 Å². The topological polar surface area (TPSA) is 51.4 Å². The van der Waals surface area contributed by atoms with Crippen LogP contribution in [0, 0.1) is 18.6 Å². The maximum Gasteiger partial charge on any atom is 0.195 e. The van der Waals surface area contributed by atoms with E-state index in [4.69, 9.17) is 12.2 Å². The van der Waals surface area contributed by atoms with Gasteiger partial charge in [0.1, 0.15) is 6.54 Å². The van der Waals surface area contributed by atoms with E-state index < -0.39 is 0 Å². The van der Waals surface area contributed by atoms with E-state index >= 15 is 0 Å². The zero-order valence-electron chi connectivity index (χ0n) is 9.97. The molecule has 17 heavy (non-hydrogen) atoms. The van der Waals surface area contributed by atoms with E-state index in [0.717, 1.165) is 22.0 Å². The van der Waals surface area contributed by atoms with Gasteiger partial charge in [-0.1, -0.05) is 0 Å². The molecule has 1 aliphatic carbocycles. The second kappa shape index (κ2) is 3.80. The maximum atomic E-state index is 5.26. The van der Waals surface area contributed by atoms with Crippen LogP contribution < -0.4 is 0 Å². The molecular formula is C11H15N5S. The number of nitrogens with zero attached hydrogens (tertiary/aromatic N) is 4. The van der Waals surface area contributed by atoms with Gasteiger partial charge >= 0.3 is 0 Å². The van der Waals surface area contributed by atoms with Gasteiger partial charge < -0.3 is 0 Å². The number of H-pyrrole nitrogens is 1. The first kappa shape index (κ1) is 10.7. The first-order chi connectivity index (χ1) is 8.15. The molecule has 90 valence electrons. The molecule has 0 aliphatic heterocycles. The van der Waals surface area contributed by atoms with E-state index in [0.29, 0.717) is 12.6 Å². The minimum atomic E-state index is 0.549. The molecular weight excluding hydrogens is 234 g/mol. The van der Waals surface area contributed by atoms with Crippen LogP contribution in [0.4, 0.5) is 0 Å². The number of hydrogen-bond acceptors (Lipinski definition) is 3. The average molecular weight is 249 g/mol. The Morgan fingerprint density at radius 1 is 1.47 bits per heavy atom. The van der Waals surface area contributed by atoms with Crippen molar-refractivity contribution in [3.05, 3.63) is 28.0 Å². The lowest BCUT2D eigenvalue weighted by atomic mass is 10.4. The maximum absolute atomic E-state index is 5.26. The summed E-state index contributed by atoms with van der Waals surface area (Å²) in [6.07, 6.45) is 2.41. The first-order valence-electron chi connectivity index (χ1n) is 5.82. The molecule has 1 aliphatic rings. The third-order valence-electron chi connectivity index (χ3n) is 3.08. The summed E-state index contributed by atoms with van der Waals surface area (Å²) in [6, 6.07) is 2.62. The highest BCUT2D eigenvalue weighted by Crippen LogP contribution is 2.35. The Morgan fingerprint density at radius 3 is 2.82 bits per heavy atom. The number of aromatic amines is 1. The second-order valence-electron chi connectivity index (χ2n) is 4.63. The van der Waals surface area contributed by atoms with Crippen molar-refractivity contribution in [3.8, 4) is 0 Å². The van der Waals surface area contributed by atoms with Crippen LogP contribution in [0.5, 0.6) is 0 Å². The molecule has 3 rings (SSSR count). The number of aryl methyl sites for hydroxylation is 2. The van der Waals surface area contributed by atoms with Crippen molar-refractivity contribution in [1.82, 2.24) is 24.5 Å². The largest absolute Gasteiger partial charge is 0.299 e. The van der Waals surface area contributed by atoms with Crippen molar-refractivity contribution in [3.63, 3.8) is 0 Å². The van der Waals surface area contributed by atoms with Crippen LogP contribution in [0.15, 0.2) is 6.07 Å². The van der Waals surface area contributed by atoms with Gasteiger partial charge in [0.05, 0.1) is 5.69 Å². The van der Waals surface area contributed by atoms with E-state index in [1.165, 1.54) is 12.8 Å². The highest BCUT2D eigenvalue weighted by Gasteiger charge is 2.27. The minimum absolute atomic E-state index is 0.549. The number of hydrogen-bond donors (Lipinski definition) is 1. The zero-order chi connectivity index (χ0) is 12.0. The summed E-state index contributed by atoms with van der Waals surface area (Å²) in [4.78, 5) is 0. The van der Waals surface area contributed by atoms with Crippen molar-refractivity contribution in [2.75, 3.05) is 0 Å². The van der Waals surface area contributed by atoms with Gasteiger partial charge in [-0.2, -0.15) is 10.2 Å². The van der Waals surface area contributed by atoms with Gasteiger partial charge in [-0.25, -0.2) is 0 Å². The Kier molecular flexibility index (Phi) is 2.39. The number of nitrogens with one attached hydrogen (secondary N) is 1. The number of rotatable bonds is 3. The van der Waals surface area contributed by atoms with E-state index in [1.54, 1.807) is 0 Å². The van der Waals surface area contributed by atoms with Gasteiger partial charge in [0.2, 0.25) is 0 Å². The third kappa shape index (κ3) is 1.93. The molecule has 2 aromatic heterocycles. The molecule has 0 aromatic carbocycles.